The number of carbonyl (C=O) groups excluding carboxylic acids is 2. The van der Waals surface area contributed by atoms with Gasteiger partial charge in [0.15, 0.2) is 0 Å². The molecule has 3 rings (SSSR count). The minimum atomic E-state index is -0.136. The van der Waals surface area contributed by atoms with E-state index < -0.39 is 0 Å². The smallest absolute Gasteiger partial charge is 0.264 e. The normalized spacial score (nSPS) is 13.3. The molecule has 2 heterocycles. The highest BCUT2D eigenvalue weighted by atomic mass is 79.9. The summed E-state index contributed by atoms with van der Waals surface area (Å²) in [6.07, 6.45) is 0.820. The highest BCUT2D eigenvalue weighted by Gasteiger charge is 2.24. The molecule has 0 bridgehead atoms. The van der Waals surface area contributed by atoms with E-state index in [4.69, 9.17) is 4.74 Å². The van der Waals surface area contributed by atoms with Crippen LogP contribution in [0.4, 0.5) is 0 Å². The summed E-state index contributed by atoms with van der Waals surface area (Å²) >= 11 is 4.72. The monoisotopic (exact) mass is 422 g/mol. The van der Waals surface area contributed by atoms with Gasteiger partial charge in [0, 0.05) is 20.1 Å². The quantitative estimate of drug-likeness (QED) is 0.759. The number of benzene rings is 1. The van der Waals surface area contributed by atoms with E-state index in [2.05, 4.69) is 22.0 Å². The van der Waals surface area contributed by atoms with Crippen molar-refractivity contribution >= 4 is 39.1 Å². The summed E-state index contributed by atoms with van der Waals surface area (Å²) in [5.41, 5.74) is 2.35. The van der Waals surface area contributed by atoms with Gasteiger partial charge in [0.25, 0.3) is 5.91 Å². The second-order valence-corrected chi connectivity index (χ2v) is 8.43. The molecule has 0 saturated heterocycles. The van der Waals surface area contributed by atoms with Gasteiger partial charge in [0.2, 0.25) is 5.91 Å². The average Bonchev–Trinajstić information content (AvgIpc) is 3.06. The average molecular weight is 423 g/mol. The zero-order valence-corrected chi connectivity index (χ0v) is 16.5. The van der Waals surface area contributed by atoms with Crippen LogP contribution >= 0.6 is 27.3 Å². The molecule has 2 amide bonds. The molecule has 1 aliphatic heterocycles. The summed E-state index contributed by atoms with van der Waals surface area (Å²) in [6, 6.07) is 9.58. The van der Waals surface area contributed by atoms with Gasteiger partial charge in [-0.25, -0.2) is 0 Å². The zero-order chi connectivity index (χ0) is 18.0. The third-order valence-electron chi connectivity index (χ3n) is 4.28. The van der Waals surface area contributed by atoms with E-state index in [-0.39, 0.29) is 18.4 Å². The van der Waals surface area contributed by atoms with E-state index in [1.807, 2.05) is 18.2 Å². The first-order valence-corrected chi connectivity index (χ1v) is 9.53. The summed E-state index contributed by atoms with van der Waals surface area (Å²) in [6.45, 7) is 1.30. The molecule has 0 unspecified atom stereocenters. The summed E-state index contributed by atoms with van der Waals surface area (Å²) < 4.78 is 6.16. The summed E-state index contributed by atoms with van der Waals surface area (Å²) in [5.74, 6) is 0.617. The number of likely N-dealkylation sites (N-methyl/N-ethyl adjacent to an activating group) is 1. The Balaban J connectivity index is 1.64. The van der Waals surface area contributed by atoms with E-state index in [1.54, 1.807) is 25.1 Å². The Kier molecular flexibility index (Phi) is 5.44. The van der Waals surface area contributed by atoms with E-state index in [0.717, 1.165) is 21.5 Å². The molecular weight excluding hydrogens is 404 g/mol. The first-order chi connectivity index (χ1) is 12.0. The van der Waals surface area contributed by atoms with Gasteiger partial charge < -0.3 is 14.5 Å². The molecule has 1 aromatic carbocycles. The number of rotatable bonds is 4. The standard InChI is InChI=1S/C18H19BrN2O3S/c1-20(18(23)15-5-6-16(19)25-15)11-17(22)21-8-7-12-3-4-14(24-2)9-13(12)10-21/h3-6,9H,7-8,10-11H2,1-2H3. The van der Waals surface area contributed by atoms with Crippen LogP contribution in [0.25, 0.3) is 0 Å². The molecule has 25 heavy (non-hydrogen) atoms. The molecule has 0 N–H and O–H groups in total. The van der Waals surface area contributed by atoms with Crippen molar-refractivity contribution in [1.82, 2.24) is 9.80 Å². The number of carbonyl (C=O) groups is 2. The van der Waals surface area contributed by atoms with Crippen molar-refractivity contribution in [1.29, 1.82) is 0 Å². The number of methoxy groups -OCH3 is 1. The van der Waals surface area contributed by atoms with Crippen LogP contribution in [0, 0.1) is 0 Å². The van der Waals surface area contributed by atoms with Crippen molar-refractivity contribution in [3.05, 3.63) is 50.1 Å². The molecule has 1 aliphatic rings. The Morgan fingerprint density at radius 2 is 2.08 bits per heavy atom. The molecule has 132 valence electrons. The molecule has 5 nitrogen and oxygen atoms in total. The Morgan fingerprint density at radius 3 is 2.76 bits per heavy atom. The van der Waals surface area contributed by atoms with E-state index in [9.17, 15) is 9.59 Å². The van der Waals surface area contributed by atoms with Crippen molar-refractivity contribution in [2.45, 2.75) is 13.0 Å². The topological polar surface area (TPSA) is 49.9 Å². The fourth-order valence-corrected chi connectivity index (χ4v) is 4.25. The summed E-state index contributed by atoms with van der Waals surface area (Å²) in [4.78, 5) is 28.9. The number of thiophene rings is 1. The van der Waals surface area contributed by atoms with Crippen molar-refractivity contribution in [2.75, 3.05) is 27.2 Å². The largest absolute Gasteiger partial charge is 0.497 e. The number of amides is 2. The minimum Gasteiger partial charge on any atom is -0.497 e. The van der Waals surface area contributed by atoms with Crippen LogP contribution in [0.15, 0.2) is 34.1 Å². The van der Waals surface area contributed by atoms with E-state index in [1.165, 1.54) is 21.8 Å². The fourth-order valence-electron chi connectivity index (χ4n) is 2.87. The molecular formula is C18H19BrN2O3S. The maximum absolute atomic E-state index is 12.6. The number of fused-ring (bicyclic) bond motifs is 1. The van der Waals surface area contributed by atoms with Gasteiger partial charge in [-0.2, -0.15) is 0 Å². The predicted molar refractivity (Wildman–Crippen MR) is 101 cm³/mol. The lowest BCUT2D eigenvalue weighted by Crippen LogP contribution is -2.43. The van der Waals surface area contributed by atoms with E-state index in [0.29, 0.717) is 18.0 Å². The maximum atomic E-state index is 12.6. The Hall–Kier alpha value is -1.86. The van der Waals surface area contributed by atoms with Gasteiger partial charge >= 0.3 is 0 Å². The SMILES string of the molecule is COc1ccc2c(c1)CN(C(=O)CN(C)C(=O)c1ccc(Br)s1)CC2. The molecule has 0 saturated carbocycles. The molecule has 7 heteroatoms. The second kappa shape index (κ2) is 7.58. The lowest BCUT2D eigenvalue weighted by Gasteiger charge is -2.30. The minimum absolute atomic E-state index is 0.0417. The molecule has 2 aromatic rings. The Bertz CT molecular complexity index is 805. The Labute approximate surface area is 159 Å². The second-order valence-electron chi connectivity index (χ2n) is 5.96. The molecule has 1 aromatic heterocycles. The summed E-state index contributed by atoms with van der Waals surface area (Å²) in [5, 5.41) is 0. The molecule has 0 aliphatic carbocycles. The Morgan fingerprint density at radius 1 is 1.28 bits per heavy atom. The van der Waals surface area contributed by atoms with Crippen molar-refractivity contribution in [3.63, 3.8) is 0 Å². The van der Waals surface area contributed by atoms with Crippen LogP contribution in [0.2, 0.25) is 0 Å². The van der Waals surface area contributed by atoms with E-state index >= 15 is 0 Å². The van der Waals surface area contributed by atoms with Crippen LogP contribution in [0.3, 0.4) is 0 Å². The molecule has 0 fully saturated rings. The van der Waals surface area contributed by atoms with Crippen LogP contribution in [0.1, 0.15) is 20.8 Å². The van der Waals surface area contributed by atoms with Crippen LogP contribution in [0.5, 0.6) is 5.75 Å². The third kappa shape index (κ3) is 4.04. The van der Waals surface area contributed by atoms with Crippen LogP contribution in [-0.4, -0.2) is 48.9 Å². The zero-order valence-electron chi connectivity index (χ0n) is 14.1. The van der Waals surface area contributed by atoms with Gasteiger partial charge in [0.05, 0.1) is 22.3 Å². The van der Waals surface area contributed by atoms with Gasteiger partial charge in [0.1, 0.15) is 5.75 Å². The molecule has 0 atom stereocenters. The van der Waals surface area contributed by atoms with Crippen LogP contribution in [-0.2, 0) is 17.8 Å². The van der Waals surface area contributed by atoms with Crippen LogP contribution < -0.4 is 4.74 Å². The molecule has 0 spiro atoms. The maximum Gasteiger partial charge on any atom is 0.264 e. The van der Waals surface area contributed by atoms with Crippen molar-refractivity contribution < 1.29 is 14.3 Å². The highest BCUT2D eigenvalue weighted by molar-refractivity contribution is 9.11. The van der Waals surface area contributed by atoms with Crippen molar-refractivity contribution in [3.8, 4) is 5.75 Å². The highest BCUT2D eigenvalue weighted by Crippen LogP contribution is 2.25. The van der Waals surface area contributed by atoms with Gasteiger partial charge in [-0.15, -0.1) is 11.3 Å². The number of hydrogen-bond donors (Lipinski definition) is 0. The first kappa shape index (κ1) is 17.9. The fraction of sp³-hybridized carbons (Fsp3) is 0.333. The lowest BCUT2D eigenvalue weighted by atomic mass is 9.99. The number of halogens is 1. The van der Waals surface area contributed by atoms with Gasteiger partial charge in [-0.05, 0) is 57.7 Å². The predicted octanol–water partition coefficient (Wildman–Crippen LogP) is 3.18. The summed E-state index contributed by atoms with van der Waals surface area (Å²) in [7, 11) is 3.30. The lowest BCUT2D eigenvalue weighted by molar-refractivity contribution is -0.132. The third-order valence-corrected chi connectivity index (χ3v) is 5.89. The number of ether oxygens (including phenoxy) is 1. The number of nitrogens with zero attached hydrogens (tertiary/aromatic N) is 2. The van der Waals surface area contributed by atoms with Gasteiger partial charge in [-0.1, -0.05) is 6.07 Å². The van der Waals surface area contributed by atoms with Gasteiger partial charge in [-0.3, -0.25) is 9.59 Å². The van der Waals surface area contributed by atoms with Crippen molar-refractivity contribution in [2.24, 2.45) is 0 Å². The first-order valence-electron chi connectivity index (χ1n) is 7.92. The number of hydrogen-bond acceptors (Lipinski definition) is 4. The molecule has 0 radical (unpaired) electrons.